The van der Waals surface area contributed by atoms with Crippen molar-refractivity contribution < 1.29 is 42.9 Å². The molecule has 0 spiro atoms. The van der Waals surface area contributed by atoms with Crippen LogP contribution in [-0.2, 0) is 39.9 Å². The monoisotopic (exact) mass is 487 g/mol. The summed E-state index contributed by atoms with van der Waals surface area (Å²) in [7, 11) is 0. The van der Waals surface area contributed by atoms with E-state index in [9.17, 15) is 24.0 Å². The lowest BCUT2D eigenvalue weighted by molar-refractivity contribution is -0.141. The summed E-state index contributed by atoms with van der Waals surface area (Å²) in [5.41, 5.74) is 0.779. The molecular formula is C25H29NO9. The molecule has 0 saturated heterocycles. The summed E-state index contributed by atoms with van der Waals surface area (Å²) in [5.74, 6) is -1.61. The van der Waals surface area contributed by atoms with Crippen molar-refractivity contribution in [1.29, 1.82) is 0 Å². The topological polar surface area (TPSA) is 134 Å². The van der Waals surface area contributed by atoms with E-state index in [-0.39, 0.29) is 41.3 Å². The van der Waals surface area contributed by atoms with Crippen LogP contribution in [0.4, 0.5) is 0 Å². The van der Waals surface area contributed by atoms with Gasteiger partial charge in [-0.3, -0.25) is 24.0 Å². The first kappa shape index (κ1) is 27.3. The lowest BCUT2D eigenvalue weighted by Gasteiger charge is -2.20. The molecule has 0 radical (unpaired) electrons. The molecule has 1 N–H and O–H groups in total. The number of hydrogen-bond donors (Lipinski definition) is 1. The minimum absolute atomic E-state index is 0.0606. The fraction of sp³-hybridized carbons (Fsp3) is 0.400. The molecule has 1 aliphatic rings. The molecule has 0 aliphatic heterocycles. The summed E-state index contributed by atoms with van der Waals surface area (Å²) in [6.45, 7) is 5.36. The van der Waals surface area contributed by atoms with E-state index < -0.39 is 23.9 Å². The molecule has 1 aliphatic carbocycles. The van der Waals surface area contributed by atoms with Crippen LogP contribution in [0.1, 0.15) is 52.5 Å². The normalized spacial score (nSPS) is 14.7. The summed E-state index contributed by atoms with van der Waals surface area (Å²) < 4.78 is 20.4. The van der Waals surface area contributed by atoms with Gasteiger partial charge >= 0.3 is 23.9 Å². The van der Waals surface area contributed by atoms with Crippen LogP contribution in [-0.4, -0.2) is 36.3 Å². The van der Waals surface area contributed by atoms with Crippen LogP contribution in [0, 0.1) is 5.92 Å². The highest BCUT2D eigenvalue weighted by molar-refractivity contribution is 5.76. The van der Waals surface area contributed by atoms with Gasteiger partial charge in [0.05, 0.1) is 0 Å². The van der Waals surface area contributed by atoms with Crippen molar-refractivity contribution >= 4 is 29.8 Å². The Labute approximate surface area is 203 Å². The van der Waals surface area contributed by atoms with Gasteiger partial charge in [-0.05, 0) is 42.5 Å². The first-order chi connectivity index (χ1) is 16.5. The number of carbonyl (C=O) groups is 5. The molecule has 10 heteroatoms. The van der Waals surface area contributed by atoms with Gasteiger partial charge in [0.25, 0.3) is 0 Å². The molecular weight excluding hydrogens is 458 g/mol. The largest absolute Gasteiger partial charge is 0.427 e. The van der Waals surface area contributed by atoms with Crippen molar-refractivity contribution in [2.45, 2.75) is 53.4 Å². The minimum atomic E-state index is -0.549. The highest BCUT2D eigenvalue weighted by atomic mass is 16.6. The van der Waals surface area contributed by atoms with Crippen molar-refractivity contribution in [3.8, 4) is 11.5 Å². The summed E-state index contributed by atoms with van der Waals surface area (Å²) in [6, 6.07) is 4.83. The molecule has 10 nitrogen and oxygen atoms in total. The Morgan fingerprint density at radius 3 is 2.11 bits per heavy atom. The molecule has 0 saturated carbocycles. The Bertz CT molecular complexity index is 1060. The Morgan fingerprint density at radius 2 is 1.49 bits per heavy atom. The van der Waals surface area contributed by atoms with Crippen molar-refractivity contribution in [2.24, 2.45) is 5.92 Å². The zero-order chi connectivity index (χ0) is 26.0. The van der Waals surface area contributed by atoms with Gasteiger partial charge in [-0.1, -0.05) is 12.1 Å². The third-order valence-electron chi connectivity index (χ3n) is 4.76. The predicted molar refractivity (Wildman–Crippen MR) is 123 cm³/mol. The van der Waals surface area contributed by atoms with Crippen molar-refractivity contribution in [3.05, 3.63) is 47.4 Å². The average Bonchev–Trinajstić information content (AvgIpc) is 2.74. The number of allylic oxidation sites excluding steroid dienone is 3. The molecule has 188 valence electrons. The summed E-state index contributed by atoms with van der Waals surface area (Å²) in [4.78, 5) is 57.5. The molecule has 1 unspecified atom stereocenters. The van der Waals surface area contributed by atoms with Gasteiger partial charge in [0, 0.05) is 47.1 Å². The first-order valence-corrected chi connectivity index (χ1v) is 11.1. The maximum Gasteiger partial charge on any atom is 0.308 e. The van der Waals surface area contributed by atoms with Crippen LogP contribution in [0.3, 0.4) is 0 Å². The molecule has 35 heavy (non-hydrogen) atoms. The number of nitrogens with one attached hydrogen (secondary N) is 1. The first-order valence-electron chi connectivity index (χ1n) is 11.1. The van der Waals surface area contributed by atoms with E-state index in [1.807, 2.05) is 6.08 Å². The second-order valence-corrected chi connectivity index (χ2v) is 7.91. The second kappa shape index (κ2) is 13.1. The molecule has 2 rings (SSSR count). The fourth-order valence-electron chi connectivity index (χ4n) is 3.37. The fourth-order valence-corrected chi connectivity index (χ4v) is 3.37. The maximum atomic E-state index is 12.3. The number of esters is 4. The predicted octanol–water partition coefficient (Wildman–Crippen LogP) is 2.89. The molecule has 1 amide bonds. The number of amides is 1. The molecule has 1 atom stereocenters. The van der Waals surface area contributed by atoms with Gasteiger partial charge in [0.1, 0.15) is 0 Å². The third kappa shape index (κ3) is 9.83. The molecule has 0 heterocycles. The number of rotatable bonds is 10. The van der Waals surface area contributed by atoms with Crippen LogP contribution in [0.2, 0.25) is 0 Å². The molecule has 1 aromatic rings. The van der Waals surface area contributed by atoms with Crippen LogP contribution < -0.4 is 14.8 Å². The van der Waals surface area contributed by atoms with Gasteiger partial charge in [0.2, 0.25) is 5.91 Å². The molecule has 1 aromatic carbocycles. The standard InChI is InChI=1S/C25H29NO9/c1-15(27)32-21-8-5-19(13-23(21)34-17(3)29)7-10-25(31)26-12-11-20-6-9-22(33-16(2)28)24(14-20)35-18(4)30/h5-6,8-9,14,19H,7,10-13H2,1-4H3,(H,26,31). The quantitative estimate of drug-likeness (QED) is 0.390. The smallest absolute Gasteiger partial charge is 0.308 e. The van der Waals surface area contributed by atoms with Gasteiger partial charge in [-0.15, -0.1) is 0 Å². The summed E-state index contributed by atoms with van der Waals surface area (Å²) in [6.07, 6.45) is 4.95. The van der Waals surface area contributed by atoms with Crippen LogP contribution >= 0.6 is 0 Å². The zero-order valence-electron chi connectivity index (χ0n) is 20.2. The number of ether oxygens (including phenoxy) is 4. The minimum Gasteiger partial charge on any atom is -0.427 e. The van der Waals surface area contributed by atoms with Crippen LogP contribution in [0.15, 0.2) is 41.9 Å². The molecule has 0 fully saturated rings. The van der Waals surface area contributed by atoms with Gasteiger partial charge in [-0.2, -0.15) is 0 Å². The number of carbonyl (C=O) groups excluding carboxylic acids is 5. The summed E-state index contributed by atoms with van der Waals surface area (Å²) in [5, 5.41) is 2.83. The van der Waals surface area contributed by atoms with Gasteiger partial charge in [0.15, 0.2) is 23.0 Å². The van der Waals surface area contributed by atoms with Gasteiger partial charge < -0.3 is 24.3 Å². The Kier molecular flexibility index (Phi) is 10.2. The maximum absolute atomic E-state index is 12.3. The Hall–Kier alpha value is -3.95. The molecule has 0 bridgehead atoms. The van der Waals surface area contributed by atoms with Crippen molar-refractivity contribution in [2.75, 3.05) is 6.54 Å². The van der Waals surface area contributed by atoms with Crippen LogP contribution in [0.25, 0.3) is 0 Å². The van der Waals surface area contributed by atoms with E-state index in [1.165, 1.54) is 33.8 Å². The highest BCUT2D eigenvalue weighted by Gasteiger charge is 2.22. The summed E-state index contributed by atoms with van der Waals surface area (Å²) >= 11 is 0. The zero-order valence-corrected chi connectivity index (χ0v) is 20.2. The Balaban J connectivity index is 1.85. The van der Waals surface area contributed by atoms with Crippen LogP contribution in [0.5, 0.6) is 11.5 Å². The van der Waals surface area contributed by atoms with Crippen molar-refractivity contribution in [3.63, 3.8) is 0 Å². The second-order valence-electron chi connectivity index (χ2n) is 7.91. The third-order valence-corrected chi connectivity index (χ3v) is 4.76. The van der Waals surface area contributed by atoms with E-state index in [0.717, 1.165) is 5.56 Å². The van der Waals surface area contributed by atoms with E-state index in [4.69, 9.17) is 18.9 Å². The van der Waals surface area contributed by atoms with E-state index in [1.54, 1.807) is 18.2 Å². The van der Waals surface area contributed by atoms with E-state index >= 15 is 0 Å². The number of benzene rings is 1. The lowest BCUT2D eigenvalue weighted by Crippen LogP contribution is -2.26. The lowest BCUT2D eigenvalue weighted by atomic mass is 9.93. The SMILES string of the molecule is CC(=O)OC1=C(OC(C)=O)CC(CCC(=O)NCCc2ccc(OC(C)=O)c(OC(C)=O)c2)C=C1. The van der Waals surface area contributed by atoms with Crippen molar-refractivity contribution in [1.82, 2.24) is 5.32 Å². The van der Waals surface area contributed by atoms with E-state index in [0.29, 0.717) is 25.8 Å². The number of hydrogen-bond acceptors (Lipinski definition) is 9. The molecule has 0 aromatic heterocycles. The Morgan fingerprint density at radius 1 is 0.857 bits per heavy atom. The van der Waals surface area contributed by atoms with E-state index in [2.05, 4.69) is 5.32 Å². The highest BCUT2D eigenvalue weighted by Crippen LogP contribution is 2.30. The van der Waals surface area contributed by atoms with Gasteiger partial charge in [-0.25, -0.2) is 0 Å². The average molecular weight is 488 g/mol.